The maximum atomic E-state index is 13.2. The van der Waals surface area contributed by atoms with E-state index in [0.717, 1.165) is 67.6 Å². The number of allylic oxidation sites excluding steroid dienone is 1. The number of carbonyl (C=O) groups is 2. The SMILES string of the molecule is CC(C)CCCC(C)[C@H]1CC[C@H]2[C@@H]3CC=C4C[C@@H](OC(=O)CCC(=O)N(CCCC(C)(C)N)CCC(C)(C)N)CC[C@]4(C)[C@H]3CC[C@]12C.Cl.Cl. The molecule has 0 aliphatic heterocycles. The zero-order chi connectivity index (χ0) is 35.5. The Morgan fingerprint density at radius 2 is 1.56 bits per heavy atom. The molecule has 6 nitrogen and oxygen atoms in total. The molecule has 1 unspecified atom stereocenters. The minimum atomic E-state index is -0.351. The maximum absolute atomic E-state index is 13.2. The van der Waals surface area contributed by atoms with Gasteiger partial charge in [0.15, 0.2) is 0 Å². The topological polar surface area (TPSA) is 98.7 Å². The van der Waals surface area contributed by atoms with Crippen LogP contribution in [0.4, 0.5) is 0 Å². The van der Waals surface area contributed by atoms with Crippen LogP contribution in [0.5, 0.6) is 0 Å². The molecule has 4 rings (SSSR count). The Bertz CT molecular complexity index is 1130. The van der Waals surface area contributed by atoms with Gasteiger partial charge in [-0.05, 0) is 138 Å². The molecule has 0 spiro atoms. The number of carbonyl (C=O) groups excluding carboxylic acids is 2. The number of rotatable bonds is 16. The predicted octanol–water partition coefficient (Wildman–Crippen LogP) is 10.0. The highest BCUT2D eigenvalue weighted by atomic mass is 35.5. The number of ether oxygens (including phenoxy) is 1. The predicted molar refractivity (Wildman–Crippen MR) is 214 cm³/mol. The lowest BCUT2D eigenvalue weighted by Gasteiger charge is -2.58. The van der Waals surface area contributed by atoms with E-state index >= 15 is 0 Å². The lowest BCUT2D eigenvalue weighted by atomic mass is 9.47. The van der Waals surface area contributed by atoms with E-state index in [2.05, 4.69) is 40.7 Å². The van der Waals surface area contributed by atoms with E-state index in [-0.39, 0.29) is 72.1 Å². The first-order valence-electron chi connectivity index (χ1n) is 20.1. The Hall–Kier alpha value is -0.820. The van der Waals surface area contributed by atoms with Gasteiger partial charge in [-0.25, -0.2) is 0 Å². The summed E-state index contributed by atoms with van der Waals surface area (Å²) in [6.45, 7) is 21.7. The number of nitrogens with zero attached hydrogens (tertiary/aromatic N) is 1. The normalized spacial score (nSPS) is 31.3. The lowest BCUT2D eigenvalue weighted by molar-refractivity contribution is -0.153. The average Bonchev–Trinajstić information content (AvgIpc) is 3.34. The van der Waals surface area contributed by atoms with Crippen LogP contribution in [0, 0.1) is 46.3 Å². The summed E-state index contributed by atoms with van der Waals surface area (Å²) in [7, 11) is 0. The van der Waals surface area contributed by atoms with E-state index < -0.39 is 0 Å². The molecule has 0 bridgehead atoms. The summed E-state index contributed by atoms with van der Waals surface area (Å²) in [4.78, 5) is 28.2. The molecule has 3 saturated carbocycles. The Morgan fingerprint density at radius 1 is 0.880 bits per heavy atom. The summed E-state index contributed by atoms with van der Waals surface area (Å²) in [6.07, 6.45) is 19.0. The number of hydrogen-bond donors (Lipinski definition) is 2. The molecule has 8 atom stereocenters. The van der Waals surface area contributed by atoms with Crippen molar-refractivity contribution in [3.8, 4) is 0 Å². The molecule has 0 heterocycles. The number of fused-ring (bicyclic) bond motifs is 5. The number of esters is 1. The minimum Gasteiger partial charge on any atom is -0.462 e. The first kappa shape index (κ1) is 45.3. The second-order valence-corrected chi connectivity index (χ2v) is 19.4. The van der Waals surface area contributed by atoms with Crippen molar-refractivity contribution in [2.24, 2.45) is 57.8 Å². The molecule has 0 aromatic rings. The highest BCUT2D eigenvalue weighted by Gasteiger charge is 2.59. The average molecular weight is 743 g/mol. The molecule has 4 aliphatic carbocycles. The standard InChI is InChI=1S/C42H75N3O3.2ClH/c1-29(2)12-10-13-30(3)34-16-17-35-33-15-14-31-28-32(20-23-41(31,8)36(33)21-24-42(34,35)9)48-38(47)19-18-37(46)45(27-25-40(6,7)44)26-11-22-39(4,5)43;;/h14,29-30,32-36H,10-13,15-28,43-44H2,1-9H3;2*1H/t30?,32-,33-,34+,35-,36-,41-,42+;;/m0../s1. The van der Waals surface area contributed by atoms with Gasteiger partial charge in [0.05, 0.1) is 6.42 Å². The maximum Gasteiger partial charge on any atom is 0.306 e. The van der Waals surface area contributed by atoms with Gasteiger partial charge < -0.3 is 21.1 Å². The third-order valence-corrected chi connectivity index (χ3v) is 13.7. The van der Waals surface area contributed by atoms with E-state index in [1.165, 1.54) is 51.4 Å². The van der Waals surface area contributed by atoms with Crippen LogP contribution in [0.3, 0.4) is 0 Å². The zero-order valence-electron chi connectivity index (χ0n) is 33.5. The van der Waals surface area contributed by atoms with E-state index in [4.69, 9.17) is 16.2 Å². The van der Waals surface area contributed by atoms with Crippen LogP contribution in [-0.4, -0.2) is 47.0 Å². The molecule has 4 aliphatic rings. The van der Waals surface area contributed by atoms with Gasteiger partial charge in [-0.15, -0.1) is 24.8 Å². The van der Waals surface area contributed by atoms with Crippen molar-refractivity contribution in [1.29, 1.82) is 0 Å². The van der Waals surface area contributed by atoms with Crippen molar-refractivity contribution in [2.45, 2.75) is 182 Å². The van der Waals surface area contributed by atoms with Gasteiger partial charge in [0.1, 0.15) is 6.10 Å². The fourth-order valence-corrected chi connectivity index (χ4v) is 10.9. The Balaban J connectivity index is 0.00000433. The summed E-state index contributed by atoms with van der Waals surface area (Å²) in [5.74, 6) is 4.72. The highest BCUT2D eigenvalue weighted by molar-refractivity contribution is 5.85. The molecule has 8 heteroatoms. The summed E-state index contributed by atoms with van der Waals surface area (Å²) in [5, 5.41) is 0. The summed E-state index contributed by atoms with van der Waals surface area (Å²) in [5.41, 5.74) is 14.1. The van der Waals surface area contributed by atoms with Crippen LogP contribution in [0.1, 0.15) is 165 Å². The quantitative estimate of drug-likeness (QED) is 0.121. The van der Waals surface area contributed by atoms with Crippen molar-refractivity contribution in [2.75, 3.05) is 13.1 Å². The van der Waals surface area contributed by atoms with Crippen LogP contribution in [-0.2, 0) is 14.3 Å². The van der Waals surface area contributed by atoms with E-state index in [9.17, 15) is 9.59 Å². The van der Waals surface area contributed by atoms with Crippen LogP contribution in [0.2, 0.25) is 0 Å². The fourth-order valence-electron chi connectivity index (χ4n) is 10.9. The number of halogens is 2. The fraction of sp³-hybridized carbons (Fsp3) is 0.905. The van der Waals surface area contributed by atoms with Crippen molar-refractivity contribution in [3.05, 3.63) is 11.6 Å². The largest absolute Gasteiger partial charge is 0.462 e. The van der Waals surface area contributed by atoms with Gasteiger partial charge >= 0.3 is 5.97 Å². The molecule has 292 valence electrons. The van der Waals surface area contributed by atoms with Gasteiger partial charge in [-0.2, -0.15) is 0 Å². The molecule has 4 N–H and O–H groups in total. The third-order valence-electron chi connectivity index (χ3n) is 13.7. The Labute approximate surface area is 319 Å². The molecule has 50 heavy (non-hydrogen) atoms. The first-order chi connectivity index (χ1) is 22.3. The summed E-state index contributed by atoms with van der Waals surface area (Å²) < 4.78 is 6.08. The van der Waals surface area contributed by atoms with Crippen molar-refractivity contribution >= 4 is 36.7 Å². The molecule has 0 aromatic carbocycles. The lowest BCUT2D eigenvalue weighted by Crippen LogP contribution is -2.51. The number of nitrogens with two attached hydrogens (primary N) is 2. The molecular formula is C42H77Cl2N3O3. The monoisotopic (exact) mass is 742 g/mol. The molecule has 0 saturated heterocycles. The van der Waals surface area contributed by atoms with Crippen LogP contribution < -0.4 is 11.5 Å². The highest BCUT2D eigenvalue weighted by Crippen LogP contribution is 2.67. The van der Waals surface area contributed by atoms with Crippen LogP contribution >= 0.6 is 24.8 Å². The van der Waals surface area contributed by atoms with Gasteiger partial charge in [0, 0.05) is 37.0 Å². The molecular weight excluding hydrogens is 665 g/mol. The second-order valence-electron chi connectivity index (χ2n) is 19.4. The van der Waals surface area contributed by atoms with Gasteiger partial charge in [-0.1, -0.05) is 65.5 Å². The van der Waals surface area contributed by atoms with Crippen LogP contribution in [0.15, 0.2) is 11.6 Å². The number of amides is 1. The van der Waals surface area contributed by atoms with Crippen LogP contribution in [0.25, 0.3) is 0 Å². The molecule has 1 amide bonds. The second kappa shape index (κ2) is 18.5. The Kier molecular flexibility index (Phi) is 16.8. The van der Waals surface area contributed by atoms with E-state index in [1.807, 2.05) is 32.6 Å². The van der Waals surface area contributed by atoms with Crippen molar-refractivity contribution < 1.29 is 14.3 Å². The smallest absolute Gasteiger partial charge is 0.306 e. The van der Waals surface area contributed by atoms with Gasteiger partial charge in [0.2, 0.25) is 5.91 Å². The third kappa shape index (κ3) is 11.6. The van der Waals surface area contributed by atoms with Crippen molar-refractivity contribution in [1.82, 2.24) is 4.90 Å². The zero-order valence-corrected chi connectivity index (χ0v) is 35.1. The minimum absolute atomic E-state index is 0. The van der Waals surface area contributed by atoms with E-state index in [0.29, 0.717) is 24.9 Å². The molecule has 0 aromatic heterocycles. The van der Waals surface area contributed by atoms with E-state index in [1.54, 1.807) is 5.57 Å². The van der Waals surface area contributed by atoms with Gasteiger partial charge in [0.25, 0.3) is 0 Å². The van der Waals surface area contributed by atoms with Gasteiger partial charge in [-0.3, -0.25) is 9.59 Å². The summed E-state index contributed by atoms with van der Waals surface area (Å²) in [6, 6.07) is 0. The first-order valence-corrected chi connectivity index (χ1v) is 20.1. The molecule has 3 fully saturated rings. The molecule has 0 radical (unpaired) electrons. The number of hydrogen-bond acceptors (Lipinski definition) is 5. The van der Waals surface area contributed by atoms with Crippen molar-refractivity contribution in [3.63, 3.8) is 0 Å². The Morgan fingerprint density at radius 3 is 2.20 bits per heavy atom. The summed E-state index contributed by atoms with van der Waals surface area (Å²) >= 11 is 0.